The van der Waals surface area contributed by atoms with Gasteiger partial charge in [-0.1, -0.05) is 25.1 Å². The molecule has 1 N–H and O–H groups in total. The number of aryl methyl sites for hydroxylation is 1. The molecule has 0 aromatic heterocycles. The third-order valence-corrected chi connectivity index (χ3v) is 7.74. The van der Waals surface area contributed by atoms with E-state index in [4.69, 9.17) is 0 Å². The van der Waals surface area contributed by atoms with Crippen LogP contribution in [0.4, 0.5) is 5.69 Å². The molecule has 0 bridgehead atoms. The van der Waals surface area contributed by atoms with Gasteiger partial charge in [0.2, 0.25) is 0 Å². The summed E-state index contributed by atoms with van der Waals surface area (Å²) < 4.78 is 28.2. The first kappa shape index (κ1) is 20.9. The molecule has 6 heteroatoms. The summed E-state index contributed by atoms with van der Waals surface area (Å²) in [5, 5.41) is 0. The number of hydrogen-bond acceptors (Lipinski definition) is 3. The van der Waals surface area contributed by atoms with E-state index in [2.05, 4.69) is 16.5 Å². The van der Waals surface area contributed by atoms with Gasteiger partial charge in [-0.25, -0.2) is 8.42 Å². The molecule has 2 aromatic rings. The molecule has 0 saturated heterocycles. The van der Waals surface area contributed by atoms with Gasteiger partial charge in [-0.05, 0) is 87.3 Å². The van der Waals surface area contributed by atoms with E-state index in [0.717, 1.165) is 37.2 Å². The normalized spacial score (nSPS) is 21.8. The number of rotatable bonds is 6. The van der Waals surface area contributed by atoms with Crippen molar-refractivity contribution >= 4 is 21.6 Å². The van der Waals surface area contributed by atoms with Gasteiger partial charge in [-0.2, -0.15) is 0 Å². The predicted octanol–water partition coefficient (Wildman–Crippen LogP) is 4.98. The van der Waals surface area contributed by atoms with E-state index < -0.39 is 10.0 Å². The zero-order valence-electron chi connectivity index (χ0n) is 17.7. The first-order valence-electron chi connectivity index (χ1n) is 10.9. The Balaban J connectivity index is 1.51. The van der Waals surface area contributed by atoms with Crippen LogP contribution in [0.1, 0.15) is 61.4 Å². The SMILES string of the molecule is Cc1ccccc1NS(=O)(=O)c1ccc(C(=O)N(C2CCC(C)CC2)C2CC2)cc1. The second kappa shape index (κ2) is 8.42. The molecule has 0 atom stereocenters. The van der Waals surface area contributed by atoms with E-state index in [-0.39, 0.29) is 10.8 Å². The van der Waals surface area contributed by atoms with Crippen LogP contribution in [0.2, 0.25) is 0 Å². The maximum atomic E-state index is 13.3. The summed E-state index contributed by atoms with van der Waals surface area (Å²) >= 11 is 0. The summed E-state index contributed by atoms with van der Waals surface area (Å²) in [4.78, 5) is 15.5. The summed E-state index contributed by atoms with van der Waals surface area (Å²) in [7, 11) is -3.70. The van der Waals surface area contributed by atoms with Crippen LogP contribution in [0.15, 0.2) is 53.4 Å². The van der Waals surface area contributed by atoms with Gasteiger partial charge in [0.15, 0.2) is 0 Å². The summed E-state index contributed by atoms with van der Waals surface area (Å²) in [6.45, 7) is 4.14. The zero-order chi connectivity index (χ0) is 21.3. The summed E-state index contributed by atoms with van der Waals surface area (Å²) in [5.74, 6) is 0.774. The van der Waals surface area contributed by atoms with Crippen molar-refractivity contribution in [2.24, 2.45) is 5.92 Å². The molecule has 30 heavy (non-hydrogen) atoms. The third-order valence-electron chi connectivity index (χ3n) is 6.35. The number of hydrogen-bond donors (Lipinski definition) is 1. The van der Waals surface area contributed by atoms with Crippen molar-refractivity contribution in [1.29, 1.82) is 0 Å². The van der Waals surface area contributed by atoms with Crippen LogP contribution in [0.3, 0.4) is 0 Å². The molecule has 2 aliphatic rings. The highest BCUT2D eigenvalue weighted by Crippen LogP contribution is 2.36. The van der Waals surface area contributed by atoms with Crippen LogP contribution >= 0.6 is 0 Å². The number of para-hydroxylation sites is 1. The molecule has 0 spiro atoms. The highest BCUT2D eigenvalue weighted by molar-refractivity contribution is 7.92. The Morgan fingerprint density at radius 3 is 2.03 bits per heavy atom. The van der Waals surface area contributed by atoms with Crippen LogP contribution in [0, 0.1) is 12.8 Å². The lowest BCUT2D eigenvalue weighted by Gasteiger charge is -2.36. The third kappa shape index (κ3) is 4.53. The van der Waals surface area contributed by atoms with E-state index in [0.29, 0.717) is 23.3 Å². The molecule has 0 radical (unpaired) electrons. The highest BCUT2D eigenvalue weighted by atomic mass is 32.2. The average Bonchev–Trinajstić information content (AvgIpc) is 3.56. The number of anilines is 1. The van der Waals surface area contributed by atoms with Crippen LogP contribution in [-0.4, -0.2) is 31.3 Å². The fourth-order valence-corrected chi connectivity index (χ4v) is 5.45. The van der Waals surface area contributed by atoms with Crippen LogP contribution in [0.5, 0.6) is 0 Å². The molecule has 4 rings (SSSR count). The largest absolute Gasteiger partial charge is 0.333 e. The van der Waals surface area contributed by atoms with Gasteiger partial charge in [0.25, 0.3) is 15.9 Å². The monoisotopic (exact) mass is 426 g/mol. The van der Waals surface area contributed by atoms with Gasteiger partial charge in [-0.3, -0.25) is 9.52 Å². The van der Waals surface area contributed by atoms with Crippen molar-refractivity contribution in [3.63, 3.8) is 0 Å². The smallest absolute Gasteiger partial charge is 0.261 e. The molecular weight excluding hydrogens is 396 g/mol. The van der Waals surface area contributed by atoms with Gasteiger partial charge < -0.3 is 4.90 Å². The quantitative estimate of drug-likeness (QED) is 0.708. The Morgan fingerprint density at radius 1 is 0.900 bits per heavy atom. The van der Waals surface area contributed by atoms with E-state index in [1.165, 1.54) is 25.0 Å². The lowest BCUT2D eigenvalue weighted by atomic mass is 9.86. The predicted molar refractivity (Wildman–Crippen MR) is 119 cm³/mol. The van der Waals surface area contributed by atoms with Crippen LogP contribution in [-0.2, 0) is 10.0 Å². The van der Waals surface area contributed by atoms with Gasteiger partial charge in [0.05, 0.1) is 10.6 Å². The van der Waals surface area contributed by atoms with E-state index in [9.17, 15) is 13.2 Å². The zero-order valence-corrected chi connectivity index (χ0v) is 18.5. The minimum Gasteiger partial charge on any atom is -0.333 e. The molecule has 2 aromatic carbocycles. The molecule has 2 aliphatic carbocycles. The second-order valence-corrected chi connectivity index (χ2v) is 10.5. The molecule has 0 unspecified atom stereocenters. The molecule has 2 fully saturated rings. The molecular formula is C24H30N2O3S. The second-order valence-electron chi connectivity index (χ2n) is 8.80. The number of sulfonamides is 1. The minimum absolute atomic E-state index is 0.0351. The van der Waals surface area contributed by atoms with E-state index in [1.54, 1.807) is 24.3 Å². The van der Waals surface area contributed by atoms with E-state index >= 15 is 0 Å². The van der Waals surface area contributed by atoms with Gasteiger partial charge in [-0.15, -0.1) is 0 Å². The van der Waals surface area contributed by atoms with E-state index in [1.807, 2.05) is 19.1 Å². The van der Waals surface area contributed by atoms with Crippen molar-refractivity contribution in [3.8, 4) is 0 Å². The molecule has 160 valence electrons. The van der Waals surface area contributed by atoms with Crippen LogP contribution < -0.4 is 4.72 Å². The fourth-order valence-electron chi connectivity index (χ4n) is 4.32. The van der Waals surface area contributed by atoms with Crippen LogP contribution in [0.25, 0.3) is 0 Å². The highest BCUT2D eigenvalue weighted by Gasteiger charge is 2.38. The lowest BCUT2D eigenvalue weighted by molar-refractivity contribution is 0.0593. The lowest BCUT2D eigenvalue weighted by Crippen LogP contribution is -2.43. The summed E-state index contributed by atoms with van der Waals surface area (Å²) in [5.41, 5.74) is 1.98. The Kier molecular flexibility index (Phi) is 5.87. The van der Waals surface area contributed by atoms with Crippen molar-refractivity contribution in [1.82, 2.24) is 4.90 Å². The number of nitrogens with one attached hydrogen (secondary N) is 1. The molecule has 0 aliphatic heterocycles. The maximum absolute atomic E-state index is 13.3. The Hall–Kier alpha value is -2.34. The maximum Gasteiger partial charge on any atom is 0.261 e. The number of amides is 1. The Morgan fingerprint density at radius 2 is 1.47 bits per heavy atom. The Bertz CT molecular complexity index is 1010. The first-order chi connectivity index (χ1) is 14.3. The number of carbonyl (C=O) groups is 1. The fraction of sp³-hybridized carbons (Fsp3) is 0.458. The van der Waals surface area contributed by atoms with Gasteiger partial charge in [0, 0.05) is 17.6 Å². The topological polar surface area (TPSA) is 66.5 Å². The van der Waals surface area contributed by atoms with Crippen molar-refractivity contribution in [3.05, 3.63) is 59.7 Å². The van der Waals surface area contributed by atoms with Crippen molar-refractivity contribution in [2.75, 3.05) is 4.72 Å². The Labute approximate surface area is 179 Å². The minimum atomic E-state index is -3.70. The number of carbonyl (C=O) groups excluding carboxylic acids is 1. The van der Waals surface area contributed by atoms with Gasteiger partial charge >= 0.3 is 0 Å². The summed E-state index contributed by atoms with van der Waals surface area (Å²) in [6, 6.07) is 14.3. The standard InChI is InChI=1S/C24H30N2O3S/c1-17-7-11-20(12-8-17)26(21-13-14-21)24(27)19-9-15-22(16-10-19)30(28,29)25-23-6-4-3-5-18(23)2/h3-6,9-10,15-17,20-21,25H,7-8,11-14H2,1-2H3. The molecule has 2 saturated carbocycles. The van der Waals surface area contributed by atoms with Crippen molar-refractivity contribution < 1.29 is 13.2 Å². The number of nitrogens with zero attached hydrogens (tertiary/aromatic N) is 1. The first-order valence-corrected chi connectivity index (χ1v) is 12.3. The number of benzene rings is 2. The average molecular weight is 427 g/mol. The molecule has 1 amide bonds. The van der Waals surface area contributed by atoms with Gasteiger partial charge in [0.1, 0.15) is 0 Å². The summed E-state index contributed by atoms with van der Waals surface area (Å²) in [6.07, 6.45) is 6.62. The molecule has 5 nitrogen and oxygen atoms in total. The van der Waals surface area contributed by atoms with Crippen molar-refractivity contribution in [2.45, 2.75) is 69.4 Å². The molecule has 0 heterocycles.